The zero-order chi connectivity index (χ0) is 14.8. The standard InChI is InChI=1S/C14H16F3NO2/c15-14(16,17)12-7-9(5-6-11(12)13(19)20)8-18-10-3-1-2-4-10/h5-7,10,18H,1-4,8H2,(H,19,20). The minimum absolute atomic E-state index is 0.327. The fourth-order valence-electron chi connectivity index (χ4n) is 2.51. The van der Waals surface area contributed by atoms with Crippen molar-refractivity contribution in [2.45, 2.75) is 44.4 Å². The molecule has 0 heterocycles. The largest absolute Gasteiger partial charge is 0.478 e. The van der Waals surface area contributed by atoms with Crippen LogP contribution in [-0.2, 0) is 12.7 Å². The normalized spacial score (nSPS) is 16.6. The van der Waals surface area contributed by atoms with E-state index < -0.39 is 23.3 Å². The fourth-order valence-corrected chi connectivity index (χ4v) is 2.51. The second-order valence-corrected chi connectivity index (χ2v) is 5.05. The van der Waals surface area contributed by atoms with E-state index in [1.165, 1.54) is 6.07 Å². The Morgan fingerprint density at radius 3 is 2.50 bits per heavy atom. The van der Waals surface area contributed by atoms with Crippen molar-refractivity contribution in [3.8, 4) is 0 Å². The quantitative estimate of drug-likeness (QED) is 0.892. The summed E-state index contributed by atoms with van der Waals surface area (Å²) in [5, 5.41) is 12.0. The third-order valence-electron chi connectivity index (χ3n) is 3.57. The summed E-state index contributed by atoms with van der Waals surface area (Å²) in [7, 11) is 0. The Morgan fingerprint density at radius 2 is 1.95 bits per heavy atom. The van der Waals surface area contributed by atoms with Crippen LogP contribution in [0.15, 0.2) is 18.2 Å². The summed E-state index contributed by atoms with van der Waals surface area (Å²) in [5.74, 6) is -1.56. The number of nitrogens with one attached hydrogen (secondary N) is 1. The maximum atomic E-state index is 12.8. The van der Waals surface area contributed by atoms with Gasteiger partial charge >= 0.3 is 12.1 Å². The Morgan fingerprint density at radius 1 is 1.30 bits per heavy atom. The van der Waals surface area contributed by atoms with Crippen molar-refractivity contribution in [1.29, 1.82) is 0 Å². The highest BCUT2D eigenvalue weighted by molar-refractivity contribution is 5.89. The summed E-state index contributed by atoms with van der Waals surface area (Å²) in [6.07, 6.45) is -0.289. The van der Waals surface area contributed by atoms with Crippen molar-refractivity contribution in [3.63, 3.8) is 0 Å². The second-order valence-electron chi connectivity index (χ2n) is 5.05. The van der Waals surface area contributed by atoms with E-state index in [0.29, 0.717) is 18.2 Å². The molecule has 3 nitrogen and oxygen atoms in total. The van der Waals surface area contributed by atoms with Crippen molar-refractivity contribution in [2.75, 3.05) is 0 Å². The lowest BCUT2D eigenvalue weighted by Crippen LogP contribution is -2.25. The first kappa shape index (κ1) is 14.8. The zero-order valence-electron chi connectivity index (χ0n) is 10.8. The number of hydrogen-bond acceptors (Lipinski definition) is 2. The summed E-state index contributed by atoms with van der Waals surface area (Å²) >= 11 is 0. The molecule has 0 unspecified atom stereocenters. The Bertz CT molecular complexity index is 494. The molecular weight excluding hydrogens is 271 g/mol. The third kappa shape index (κ3) is 3.50. The molecule has 1 aliphatic rings. The number of rotatable bonds is 4. The van der Waals surface area contributed by atoms with E-state index in [2.05, 4.69) is 5.32 Å². The first-order valence-electron chi connectivity index (χ1n) is 6.54. The molecule has 1 aromatic rings. The predicted molar refractivity (Wildman–Crippen MR) is 67.5 cm³/mol. The van der Waals surface area contributed by atoms with Gasteiger partial charge in [-0.1, -0.05) is 18.9 Å². The molecule has 0 spiro atoms. The van der Waals surface area contributed by atoms with Gasteiger partial charge in [-0.3, -0.25) is 0 Å². The van der Waals surface area contributed by atoms with E-state index in [1.807, 2.05) is 0 Å². The van der Waals surface area contributed by atoms with Crippen LogP contribution in [0.5, 0.6) is 0 Å². The van der Waals surface area contributed by atoms with Crippen LogP contribution < -0.4 is 5.32 Å². The number of carboxylic acids is 1. The smallest absolute Gasteiger partial charge is 0.417 e. The molecule has 1 saturated carbocycles. The van der Waals surface area contributed by atoms with Gasteiger partial charge in [0, 0.05) is 12.6 Å². The highest BCUT2D eigenvalue weighted by atomic mass is 19.4. The van der Waals surface area contributed by atoms with Gasteiger partial charge < -0.3 is 10.4 Å². The average Bonchev–Trinajstić information content (AvgIpc) is 2.88. The van der Waals surface area contributed by atoms with Crippen LogP contribution >= 0.6 is 0 Å². The molecule has 2 N–H and O–H groups in total. The number of aromatic carboxylic acids is 1. The number of hydrogen-bond donors (Lipinski definition) is 2. The summed E-state index contributed by atoms with van der Waals surface area (Å²) in [6.45, 7) is 0.327. The maximum absolute atomic E-state index is 12.8. The van der Waals surface area contributed by atoms with Crippen LogP contribution in [0.25, 0.3) is 0 Å². The molecule has 20 heavy (non-hydrogen) atoms. The van der Waals surface area contributed by atoms with Crippen molar-refractivity contribution >= 4 is 5.97 Å². The van der Waals surface area contributed by atoms with E-state index in [0.717, 1.165) is 37.8 Å². The van der Waals surface area contributed by atoms with E-state index in [1.54, 1.807) is 0 Å². The lowest BCUT2D eigenvalue weighted by molar-refractivity contribution is -0.138. The third-order valence-corrected chi connectivity index (χ3v) is 3.57. The molecule has 110 valence electrons. The molecule has 2 rings (SSSR count). The minimum atomic E-state index is -4.66. The molecule has 0 aliphatic heterocycles. The van der Waals surface area contributed by atoms with Crippen molar-refractivity contribution in [3.05, 3.63) is 34.9 Å². The highest BCUT2D eigenvalue weighted by Gasteiger charge is 2.35. The van der Waals surface area contributed by atoms with Gasteiger partial charge in [-0.2, -0.15) is 13.2 Å². The number of benzene rings is 1. The Balaban J connectivity index is 2.16. The molecule has 1 aromatic carbocycles. The lowest BCUT2D eigenvalue weighted by atomic mass is 10.0. The molecule has 0 radical (unpaired) electrons. The van der Waals surface area contributed by atoms with Gasteiger partial charge in [0.2, 0.25) is 0 Å². The molecule has 0 aromatic heterocycles. The lowest BCUT2D eigenvalue weighted by Gasteiger charge is -2.15. The van der Waals surface area contributed by atoms with Gasteiger partial charge in [-0.15, -0.1) is 0 Å². The van der Waals surface area contributed by atoms with Gasteiger partial charge in [0.05, 0.1) is 11.1 Å². The highest BCUT2D eigenvalue weighted by Crippen LogP contribution is 2.33. The number of carboxylic acid groups (broad SMARTS) is 1. The van der Waals surface area contributed by atoms with E-state index in [4.69, 9.17) is 5.11 Å². The molecule has 0 atom stereocenters. The Kier molecular flexibility index (Phi) is 4.32. The number of carbonyl (C=O) groups is 1. The maximum Gasteiger partial charge on any atom is 0.417 e. The van der Waals surface area contributed by atoms with Crippen molar-refractivity contribution in [2.24, 2.45) is 0 Å². The second kappa shape index (κ2) is 5.83. The summed E-state index contributed by atoms with van der Waals surface area (Å²) in [5.41, 5.74) is -1.34. The summed E-state index contributed by atoms with van der Waals surface area (Å²) in [6, 6.07) is 3.73. The van der Waals surface area contributed by atoms with Gasteiger partial charge in [0.25, 0.3) is 0 Å². The van der Waals surface area contributed by atoms with E-state index in [9.17, 15) is 18.0 Å². The SMILES string of the molecule is O=C(O)c1ccc(CNC2CCCC2)cc1C(F)(F)F. The minimum Gasteiger partial charge on any atom is -0.478 e. The molecule has 1 aliphatic carbocycles. The summed E-state index contributed by atoms with van der Waals surface area (Å²) < 4.78 is 38.5. The molecule has 0 amide bonds. The Hall–Kier alpha value is -1.56. The van der Waals surface area contributed by atoms with Crippen LogP contribution in [0, 0.1) is 0 Å². The van der Waals surface area contributed by atoms with Crippen LogP contribution in [0.1, 0.15) is 47.2 Å². The van der Waals surface area contributed by atoms with Gasteiger partial charge in [-0.05, 0) is 30.5 Å². The van der Waals surface area contributed by atoms with E-state index in [-0.39, 0.29) is 0 Å². The number of halogens is 3. The molecule has 1 fully saturated rings. The number of alkyl halides is 3. The monoisotopic (exact) mass is 287 g/mol. The molecule has 0 saturated heterocycles. The van der Waals surface area contributed by atoms with Gasteiger partial charge in [0.15, 0.2) is 0 Å². The topological polar surface area (TPSA) is 49.3 Å². The first-order chi connectivity index (χ1) is 9.38. The van der Waals surface area contributed by atoms with Crippen LogP contribution in [-0.4, -0.2) is 17.1 Å². The predicted octanol–water partition coefficient (Wildman–Crippen LogP) is 3.44. The average molecular weight is 287 g/mol. The van der Waals surface area contributed by atoms with Crippen molar-refractivity contribution in [1.82, 2.24) is 5.32 Å². The Labute approximate surface area is 114 Å². The zero-order valence-corrected chi connectivity index (χ0v) is 10.8. The van der Waals surface area contributed by atoms with Crippen molar-refractivity contribution < 1.29 is 23.1 Å². The van der Waals surface area contributed by atoms with Crippen LogP contribution in [0.4, 0.5) is 13.2 Å². The summed E-state index contributed by atoms with van der Waals surface area (Å²) in [4.78, 5) is 10.8. The molecular formula is C14H16F3NO2. The van der Waals surface area contributed by atoms with E-state index >= 15 is 0 Å². The fraction of sp³-hybridized carbons (Fsp3) is 0.500. The first-order valence-corrected chi connectivity index (χ1v) is 6.54. The molecule has 0 bridgehead atoms. The van der Waals surface area contributed by atoms with Crippen LogP contribution in [0.3, 0.4) is 0 Å². The van der Waals surface area contributed by atoms with Crippen LogP contribution in [0.2, 0.25) is 0 Å². The molecule has 6 heteroatoms. The van der Waals surface area contributed by atoms with Gasteiger partial charge in [0.1, 0.15) is 0 Å². The van der Waals surface area contributed by atoms with Gasteiger partial charge in [-0.25, -0.2) is 4.79 Å².